The molecule has 0 aliphatic heterocycles. The Morgan fingerprint density at radius 3 is 1.23 bits per heavy atom. The smallest absolute Gasteiger partial charge is 0.0467 e. The average Bonchev–Trinajstić information content (AvgIpc) is 3.39. The molecule has 65 heavy (non-hydrogen) atoms. The van der Waals surface area contributed by atoms with Gasteiger partial charge in [0.1, 0.15) is 0 Å². The maximum atomic E-state index is 2.38. The van der Waals surface area contributed by atoms with E-state index in [1.165, 1.54) is 98.7 Å². The highest BCUT2D eigenvalue weighted by molar-refractivity contribution is 6.12. The Bertz CT molecular complexity index is 3690. The third-order valence-corrected chi connectivity index (χ3v) is 13.0. The summed E-state index contributed by atoms with van der Waals surface area (Å²) in [5, 5.41) is 10.1. The first-order chi connectivity index (χ1) is 32.2. The number of nitrogens with zero attached hydrogens (tertiary/aromatic N) is 1. The summed E-state index contributed by atoms with van der Waals surface area (Å²) in [7, 11) is 0. The van der Waals surface area contributed by atoms with Gasteiger partial charge in [0.2, 0.25) is 0 Å². The lowest BCUT2D eigenvalue weighted by molar-refractivity contribution is 1.28. The maximum absolute atomic E-state index is 2.38. The van der Waals surface area contributed by atoms with Crippen LogP contribution in [0, 0.1) is 0 Å². The van der Waals surface area contributed by atoms with E-state index < -0.39 is 0 Å². The number of hydrogen-bond acceptors (Lipinski definition) is 1. The van der Waals surface area contributed by atoms with Crippen molar-refractivity contribution in [3.05, 3.63) is 261 Å². The van der Waals surface area contributed by atoms with Crippen LogP contribution < -0.4 is 4.90 Å². The zero-order chi connectivity index (χ0) is 43.1. The van der Waals surface area contributed by atoms with E-state index in [0.717, 1.165) is 17.1 Å². The Labute approximate surface area is 379 Å². The second-order valence-electron chi connectivity index (χ2n) is 16.9. The monoisotopic (exact) mass is 825 g/mol. The van der Waals surface area contributed by atoms with Crippen molar-refractivity contribution in [2.75, 3.05) is 4.90 Å². The van der Waals surface area contributed by atoms with Crippen LogP contribution in [-0.4, -0.2) is 0 Å². The van der Waals surface area contributed by atoms with Crippen molar-refractivity contribution in [1.82, 2.24) is 0 Å². The average molecular weight is 826 g/mol. The number of anilines is 3. The molecule has 1 nitrogen and oxygen atoms in total. The van der Waals surface area contributed by atoms with Gasteiger partial charge in [-0.1, -0.05) is 206 Å². The van der Waals surface area contributed by atoms with Gasteiger partial charge in [0.05, 0.1) is 0 Å². The van der Waals surface area contributed by atoms with Crippen molar-refractivity contribution in [1.29, 1.82) is 0 Å². The normalized spacial score (nSPS) is 11.4. The van der Waals surface area contributed by atoms with Gasteiger partial charge in [0, 0.05) is 17.1 Å². The molecule has 0 heterocycles. The number of benzene rings is 12. The van der Waals surface area contributed by atoms with Gasteiger partial charge in [-0.2, -0.15) is 0 Å². The second kappa shape index (κ2) is 16.3. The zero-order valence-corrected chi connectivity index (χ0v) is 35.8. The van der Waals surface area contributed by atoms with Crippen LogP contribution in [0.25, 0.3) is 98.7 Å². The first kappa shape index (κ1) is 38.2. The van der Waals surface area contributed by atoms with Crippen LogP contribution in [-0.2, 0) is 0 Å². The van der Waals surface area contributed by atoms with E-state index >= 15 is 0 Å². The van der Waals surface area contributed by atoms with Crippen molar-refractivity contribution < 1.29 is 0 Å². The summed E-state index contributed by atoms with van der Waals surface area (Å²) in [4.78, 5) is 2.38. The van der Waals surface area contributed by atoms with E-state index in [0.29, 0.717) is 0 Å². The fraction of sp³-hybridized carbons (Fsp3) is 0. The minimum Gasteiger partial charge on any atom is -0.310 e. The zero-order valence-electron chi connectivity index (χ0n) is 35.8. The van der Waals surface area contributed by atoms with Crippen LogP contribution in [0.3, 0.4) is 0 Å². The van der Waals surface area contributed by atoms with Crippen LogP contribution in [0.5, 0.6) is 0 Å². The van der Waals surface area contributed by atoms with Crippen LogP contribution in [0.4, 0.5) is 17.1 Å². The Morgan fingerprint density at radius 1 is 0.185 bits per heavy atom. The summed E-state index contributed by atoms with van der Waals surface area (Å²) in [5.41, 5.74) is 15.3. The summed E-state index contributed by atoms with van der Waals surface area (Å²) in [5.74, 6) is 0. The standard InChI is InChI=1S/C64H43N/c1-3-13-51-41-55(28-26-44(51)10-1)48-24-22-46(23-25-48)47-30-35-58(36-31-47)65(60-18-8-17-57(43-60)62-20-9-21-63-61-19-6-5-12-50(61)34-39-64(62)63)59-37-32-49(33-38-59)53-15-7-16-54(40-53)56-29-27-45-11-2-4-14-52(45)42-56/h1-43H. The molecule has 0 amide bonds. The minimum atomic E-state index is 1.09. The summed E-state index contributed by atoms with van der Waals surface area (Å²) >= 11 is 0. The van der Waals surface area contributed by atoms with Crippen LogP contribution >= 0.6 is 0 Å². The van der Waals surface area contributed by atoms with Gasteiger partial charge < -0.3 is 4.90 Å². The number of fused-ring (bicyclic) bond motifs is 5. The molecule has 0 aromatic heterocycles. The molecule has 0 saturated carbocycles. The summed E-state index contributed by atoms with van der Waals surface area (Å²) in [6, 6.07) is 95.3. The van der Waals surface area contributed by atoms with Gasteiger partial charge >= 0.3 is 0 Å². The fourth-order valence-electron chi connectivity index (χ4n) is 9.63. The van der Waals surface area contributed by atoms with E-state index in [2.05, 4.69) is 266 Å². The van der Waals surface area contributed by atoms with Gasteiger partial charge in [-0.15, -0.1) is 0 Å². The lowest BCUT2D eigenvalue weighted by Crippen LogP contribution is -2.10. The molecule has 0 radical (unpaired) electrons. The molecule has 1 heteroatoms. The van der Waals surface area contributed by atoms with Crippen LogP contribution in [0.15, 0.2) is 261 Å². The van der Waals surface area contributed by atoms with Gasteiger partial charge in [-0.25, -0.2) is 0 Å². The molecule has 0 aliphatic carbocycles. The molecule has 12 aromatic rings. The molecule has 0 aliphatic rings. The lowest BCUT2D eigenvalue weighted by Gasteiger charge is -2.26. The fourth-order valence-corrected chi connectivity index (χ4v) is 9.63. The predicted octanol–water partition coefficient (Wildman–Crippen LogP) is 18.1. The summed E-state index contributed by atoms with van der Waals surface area (Å²) in [6.07, 6.45) is 0. The van der Waals surface area contributed by atoms with Crippen molar-refractivity contribution in [3.8, 4) is 55.6 Å². The van der Waals surface area contributed by atoms with Crippen molar-refractivity contribution in [3.63, 3.8) is 0 Å². The molecule has 0 atom stereocenters. The molecular formula is C64H43N. The van der Waals surface area contributed by atoms with Crippen molar-refractivity contribution >= 4 is 60.2 Å². The first-order valence-electron chi connectivity index (χ1n) is 22.4. The molecule has 0 bridgehead atoms. The van der Waals surface area contributed by atoms with Crippen molar-refractivity contribution in [2.24, 2.45) is 0 Å². The lowest BCUT2D eigenvalue weighted by atomic mass is 9.94. The third kappa shape index (κ3) is 7.30. The Balaban J connectivity index is 0.906. The van der Waals surface area contributed by atoms with Gasteiger partial charge in [0.25, 0.3) is 0 Å². The topological polar surface area (TPSA) is 3.24 Å². The van der Waals surface area contributed by atoms with Crippen molar-refractivity contribution in [2.45, 2.75) is 0 Å². The molecule has 12 aromatic carbocycles. The molecule has 12 rings (SSSR count). The summed E-state index contributed by atoms with van der Waals surface area (Å²) in [6.45, 7) is 0. The van der Waals surface area contributed by atoms with Crippen LogP contribution in [0.2, 0.25) is 0 Å². The van der Waals surface area contributed by atoms with Gasteiger partial charge in [-0.05, 0) is 153 Å². The highest BCUT2D eigenvalue weighted by Crippen LogP contribution is 2.41. The van der Waals surface area contributed by atoms with E-state index in [4.69, 9.17) is 0 Å². The Hall–Kier alpha value is -8.52. The Morgan fingerprint density at radius 2 is 0.600 bits per heavy atom. The minimum absolute atomic E-state index is 1.09. The quantitative estimate of drug-likeness (QED) is 0.138. The summed E-state index contributed by atoms with van der Waals surface area (Å²) < 4.78 is 0. The largest absolute Gasteiger partial charge is 0.310 e. The predicted molar refractivity (Wildman–Crippen MR) is 278 cm³/mol. The number of rotatable bonds is 8. The number of hydrogen-bond donors (Lipinski definition) is 0. The molecule has 0 unspecified atom stereocenters. The highest BCUT2D eigenvalue weighted by Gasteiger charge is 2.16. The van der Waals surface area contributed by atoms with E-state index in [1.807, 2.05) is 0 Å². The van der Waals surface area contributed by atoms with E-state index in [-0.39, 0.29) is 0 Å². The van der Waals surface area contributed by atoms with Gasteiger partial charge in [-0.3, -0.25) is 0 Å². The van der Waals surface area contributed by atoms with Crippen LogP contribution in [0.1, 0.15) is 0 Å². The van der Waals surface area contributed by atoms with E-state index in [9.17, 15) is 0 Å². The first-order valence-corrected chi connectivity index (χ1v) is 22.4. The van der Waals surface area contributed by atoms with Gasteiger partial charge in [0.15, 0.2) is 0 Å². The molecule has 304 valence electrons. The molecule has 0 N–H and O–H groups in total. The highest BCUT2D eigenvalue weighted by atomic mass is 15.1. The second-order valence-corrected chi connectivity index (χ2v) is 16.9. The third-order valence-electron chi connectivity index (χ3n) is 13.0. The molecular weight excluding hydrogens is 783 g/mol. The molecule has 0 saturated heterocycles. The Kier molecular flexibility index (Phi) is 9.58. The van der Waals surface area contributed by atoms with E-state index in [1.54, 1.807) is 0 Å². The molecule has 0 fully saturated rings. The maximum Gasteiger partial charge on any atom is 0.0467 e. The SMILES string of the molecule is c1cc(-c2ccc(N(c3ccc(-c4ccc(-c5ccc6ccccc6c5)cc4)cc3)c3cccc(-c4cccc5c4ccc4ccccc45)c3)cc2)cc(-c2ccc3ccccc3c2)c1. The molecule has 0 spiro atoms.